The molecule has 0 atom stereocenters. The van der Waals surface area contributed by atoms with Gasteiger partial charge >= 0.3 is 6.09 Å². The van der Waals surface area contributed by atoms with Crippen molar-refractivity contribution in [3.8, 4) is 0 Å². The molecular formula is C7H14BrNO2. The van der Waals surface area contributed by atoms with Crippen molar-refractivity contribution in [3.63, 3.8) is 0 Å². The molecule has 0 spiro atoms. The number of quaternary nitrogens is 1. The van der Waals surface area contributed by atoms with Gasteiger partial charge in [-0.3, -0.25) is 0 Å². The minimum Gasteiger partial charge on any atom is -1.00 e. The first-order valence-electron chi connectivity index (χ1n) is 3.07. The molecule has 0 saturated heterocycles. The van der Waals surface area contributed by atoms with Crippen LogP contribution >= 0.6 is 0 Å². The number of halogens is 1. The molecule has 0 rings (SSSR count). The molecule has 0 heterocycles. The highest BCUT2D eigenvalue weighted by Gasteiger charge is 2.25. The molecule has 4 heteroatoms. The second-order valence-corrected chi connectivity index (χ2v) is 2.63. The molecule has 0 saturated carbocycles. The van der Waals surface area contributed by atoms with Crippen LogP contribution in [0.4, 0.5) is 4.79 Å². The van der Waals surface area contributed by atoms with E-state index in [1.54, 1.807) is 20.2 Å². The van der Waals surface area contributed by atoms with Crippen molar-refractivity contribution in [2.24, 2.45) is 0 Å². The Bertz CT molecular complexity index is 145. The number of carbonyl (C=O) groups is 1. The Labute approximate surface area is 78.0 Å². The zero-order valence-corrected chi connectivity index (χ0v) is 8.72. The third kappa shape index (κ3) is 4.16. The molecule has 0 aromatic heterocycles. The predicted octanol–water partition coefficient (Wildman–Crippen LogP) is -1.98. The number of hydrogen-bond acceptors (Lipinski definition) is 2. The Balaban J connectivity index is 0. The zero-order valence-electron chi connectivity index (χ0n) is 7.13. The van der Waals surface area contributed by atoms with Crippen LogP contribution in [-0.4, -0.2) is 38.3 Å². The molecule has 66 valence electrons. The maximum atomic E-state index is 10.9. The summed E-state index contributed by atoms with van der Waals surface area (Å²) >= 11 is 0. The second kappa shape index (κ2) is 5.32. The topological polar surface area (TPSA) is 26.3 Å². The van der Waals surface area contributed by atoms with E-state index in [0.29, 0.717) is 6.54 Å². The smallest absolute Gasteiger partial charge is 0.515 e. The maximum Gasteiger partial charge on any atom is 0.515 e. The summed E-state index contributed by atoms with van der Waals surface area (Å²) < 4.78 is 4.75. The van der Waals surface area contributed by atoms with Gasteiger partial charge in [-0.25, -0.2) is 4.48 Å². The quantitative estimate of drug-likeness (QED) is 0.401. The van der Waals surface area contributed by atoms with Gasteiger partial charge in [0.05, 0.1) is 21.2 Å². The average Bonchev–Trinajstić information content (AvgIpc) is 1.86. The SMILES string of the molecule is C=CC[N+](C)(C)C(=O)OC.[Br-]. The summed E-state index contributed by atoms with van der Waals surface area (Å²) in [6, 6.07) is 0. The number of methoxy groups -OCH3 is 1. The lowest BCUT2D eigenvalue weighted by molar-refractivity contribution is -0.810. The van der Waals surface area contributed by atoms with E-state index in [9.17, 15) is 4.79 Å². The second-order valence-electron chi connectivity index (χ2n) is 2.63. The molecule has 0 radical (unpaired) electrons. The first kappa shape index (κ1) is 13.3. The molecular weight excluding hydrogens is 210 g/mol. The van der Waals surface area contributed by atoms with E-state index in [4.69, 9.17) is 0 Å². The summed E-state index contributed by atoms with van der Waals surface area (Å²) in [5, 5.41) is 0. The van der Waals surface area contributed by atoms with Crippen molar-refractivity contribution >= 4 is 6.09 Å². The molecule has 0 N–H and O–H groups in total. The van der Waals surface area contributed by atoms with E-state index >= 15 is 0 Å². The maximum absolute atomic E-state index is 10.9. The standard InChI is InChI=1S/C7H14NO2.BrH/c1-5-6-8(2,3)7(9)10-4;/h5H,1,6H2,2-4H3;1H/q+1;/p-1. The summed E-state index contributed by atoms with van der Waals surface area (Å²) in [5.74, 6) is 0. The van der Waals surface area contributed by atoms with Crippen LogP contribution in [0.25, 0.3) is 0 Å². The first-order valence-corrected chi connectivity index (χ1v) is 3.07. The fourth-order valence-electron chi connectivity index (χ4n) is 0.644. The molecule has 3 nitrogen and oxygen atoms in total. The van der Waals surface area contributed by atoms with Crippen LogP contribution < -0.4 is 17.0 Å². The monoisotopic (exact) mass is 223 g/mol. The molecule has 0 aliphatic carbocycles. The van der Waals surface area contributed by atoms with Crippen LogP contribution in [-0.2, 0) is 4.74 Å². The minimum absolute atomic E-state index is 0. The highest BCUT2D eigenvalue weighted by molar-refractivity contribution is 5.59. The summed E-state index contributed by atoms with van der Waals surface area (Å²) in [7, 11) is 4.92. The van der Waals surface area contributed by atoms with E-state index in [1.807, 2.05) is 0 Å². The van der Waals surface area contributed by atoms with Crippen molar-refractivity contribution in [2.45, 2.75) is 0 Å². The lowest BCUT2D eigenvalue weighted by Gasteiger charge is -2.22. The summed E-state index contributed by atoms with van der Waals surface area (Å²) in [6.07, 6.45) is 1.44. The van der Waals surface area contributed by atoms with Crippen LogP contribution in [0.2, 0.25) is 0 Å². The lowest BCUT2D eigenvalue weighted by atomic mass is 10.5. The van der Waals surface area contributed by atoms with Crippen LogP contribution in [0.5, 0.6) is 0 Å². The molecule has 11 heavy (non-hydrogen) atoms. The Hall–Kier alpha value is -0.350. The number of ether oxygens (including phenoxy) is 1. The lowest BCUT2D eigenvalue weighted by Crippen LogP contribution is -3.00. The molecule has 0 aromatic rings. The molecule has 0 fully saturated rings. The van der Waals surface area contributed by atoms with E-state index < -0.39 is 0 Å². The van der Waals surface area contributed by atoms with Gasteiger partial charge in [0.2, 0.25) is 0 Å². The van der Waals surface area contributed by atoms with Crippen LogP contribution in [0.15, 0.2) is 12.7 Å². The Morgan fingerprint density at radius 3 is 2.36 bits per heavy atom. The third-order valence-electron chi connectivity index (χ3n) is 1.25. The zero-order chi connectivity index (χ0) is 8.20. The fraction of sp³-hybridized carbons (Fsp3) is 0.571. The van der Waals surface area contributed by atoms with E-state index in [2.05, 4.69) is 11.3 Å². The number of rotatable bonds is 2. The number of hydrogen-bond donors (Lipinski definition) is 0. The molecule has 0 unspecified atom stereocenters. The van der Waals surface area contributed by atoms with Gasteiger partial charge in [0, 0.05) is 0 Å². The van der Waals surface area contributed by atoms with Crippen molar-refractivity contribution < 1.29 is 31.0 Å². The van der Waals surface area contributed by atoms with Gasteiger partial charge in [0.1, 0.15) is 6.54 Å². The summed E-state index contributed by atoms with van der Waals surface area (Å²) in [4.78, 5) is 10.9. The van der Waals surface area contributed by atoms with Gasteiger partial charge in [0.25, 0.3) is 0 Å². The van der Waals surface area contributed by atoms with Gasteiger partial charge in [0.15, 0.2) is 0 Å². The Morgan fingerprint density at radius 1 is 1.64 bits per heavy atom. The number of carbonyl (C=O) groups excluding carboxylic acids is 1. The highest BCUT2D eigenvalue weighted by Crippen LogP contribution is 1.99. The summed E-state index contributed by atoms with van der Waals surface area (Å²) in [5.41, 5.74) is 0. The van der Waals surface area contributed by atoms with Gasteiger partial charge < -0.3 is 21.7 Å². The van der Waals surface area contributed by atoms with Crippen molar-refractivity contribution in [2.75, 3.05) is 27.7 Å². The van der Waals surface area contributed by atoms with Gasteiger partial charge in [-0.15, -0.1) is 0 Å². The first-order chi connectivity index (χ1) is 4.54. The van der Waals surface area contributed by atoms with E-state index in [-0.39, 0.29) is 27.6 Å². The Kier molecular flexibility index (Phi) is 6.41. The average molecular weight is 224 g/mol. The van der Waals surface area contributed by atoms with Crippen molar-refractivity contribution in [1.82, 2.24) is 0 Å². The fourth-order valence-corrected chi connectivity index (χ4v) is 0.644. The van der Waals surface area contributed by atoms with Crippen molar-refractivity contribution in [1.29, 1.82) is 0 Å². The van der Waals surface area contributed by atoms with Crippen molar-refractivity contribution in [3.05, 3.63) is 12.7 Å². The van der Waals surface area contributed by atoms with Crippen LogP contribution in [0.1, 0.15) is 0 Å². The van der Waals surface area contributed by atoms with Gasteiger partial charge in [-0.1, -0.05) is 6.58 Å². The molecule has 0 aliphatic heterocycles. The molecule has 0 aromatic carbocycles. The van der Waals surface area contributed by atoms with E-state index in [1.165, 1.54) is 7.11 Å². The van der Waals surface area contributed by atoms with Gasteiger partial charge in [-0.05, 0) is 6.08 Å². The molecule has 0 bridgehead atoms. The number of amides is 1. The number of likely N-dealkylation sites (N-methyl/N-ethyl adjacent to an activating group) is 1. The minimum atomic E-state index is -0.250. The third-order valence-corrected chi connectivity index (χ3v) is 1.25. The highest BCUT2D eigenvalue weighted by atomic mass is 79.9. The number of nitrogens with zero attached hydrogens (tertiary/aromatic N) is 1. The van der Waals surface area contributed by atoms with Crippen LogP contribution in [0.3, 0.4) is 0 Å². The van der Waals surface area contributed by atoms with Crippen LogP contribution in [0, 0.1) is 0 Å². The largest absolute Gasteiger partial charge is 1.00 e. The Morgan fingerprint density at radius 2 is 2.09 bits per heavy atom. The summed E-state index contributed by atoms with van der Waals surface area (Å²) in [6.45, 7) is 4.13. The van der Waals surface area contributed by atoms with Gasteiger partial charge in [-0.2, -0.15) is 4.79 Å². The predicted molar refractivity (Wildman–Crippen MR) is 39.6 cm³/mol. The molecule has 0 aliphatic rings. The normalized spacial score (nSPS) is 9.73. The molecule has 1 amide bonds. The van der Waals surface area contributed by atoms with E-state index in [0.717, 1.165) is 0 Å².